The van der Waals surface area contributed by atoms with E-state index in [-0.39, 0.29) is 16.2 Å². The molecule has 312 valence electrons. The fraction of sp³-hybridized carbons (Fsp3) is 0.169. The Balaban J connectivity index is 1.06. The van der Waals surface area contributed by atoms with Crippen LogP contribution in [0.1, 0.15) is 87.8 Å². The highest BCUT2D eigenvalue weighted by atomic mass is 14.4. The van der Waals surface area contributed by atoms with E-state index in [9.17, 15) is 0 Å². The first kappa shape index (κ1) is 38.4. The Labute approximate surface area is 383 Å². The highest BCUT2D eigenvalue weighted by Gasteiger charge is 2.41. The minimum Gasteiger partial charge on any atom is -0.0642 e. The Morgan fingerprint density at radius 1 is 0.262 bits per heavy atom. The summed E-state index contributed by atoms with van der Waals surface area (Å²) in [7, 11) is 0. The molecule has 0 atom stereocenters. The van der Waals surface area contributed by atoms with Gasteiger partial charge in [-0.2, -0.15) is 0 Å². The zero-order valence-electron chi connectivity index (χ0n) is 38.2. The third-order valence-corrected chi connectivity index (χ3v) is 16.6. The molecule has 3 aliphatic carbocycles. The molecule has 0 aromatic heterocycles. The average Bonchev–Trinajstić information content (AvgIpc) is 3.86. The van der Waals surface area contributed by atoms with Gasteiger partial charge in [0.1, 0.15) is 0 Å². The maximum absolute atomic E-state index is 2.53. The van der Waals surface area contributed by atoms with E-state index >= 15 is 0 Å². The van der Waals surface area contributed by atoms with Gasteiger partial charge in [0.2, 0.25) is 0 Å². The molecule has 0 unspecified atom stereocenters. The predicted octanol–water partition coefficient (Wildman–Crippen LogP) is 17.8. The van der Waals surface area contributed by atoms with Gasteiger partial charge in [-0.25, -0.2) is 0 Å². The fourth-order valence-electron chi connectivity index (χ4n) is 13.0. The molecule has 65 heavy (non-hydrogen) atoms. The van der Waals surface area contributed by atoms with E-state index in [1.165, 1.54) is 132 Å². The summed E-state index contributed by atoms with van der Waals surface area (Å²) >= 11 is 0. The molecule has 0 heterocycles. The largest absolute Gasteiger partial charge is 0.0642 e. The molecule has 0 aliphatic heterocycles. The molecule has 0 heteroatoms. The van der Waals surface area contributed by atoms with Gasteiger partial charge in [-0.05, 0) is 182 Å². The SMILES string of the molecule is CCC1(CC)c2ccccc2-c2ccc(-c3ccc4c(c3)c(-c3ccc5c(c3)C(C)(C)c3ccccc3-5)cc3c5ccccc5c(-c5ccc6c(c5)C(C)(C)c5ccccc5-6)cc43)cc21. The molecule has 0 radical (unpaired) electrons. The zero-order chi connectivity index (χ0) is 44.0. The first-order valence-corrected chi connectivity index (χ1v) is 23.8. The highest BCUT2D eigenvalue weighted by Crippen LogP contribution is 2.55. The highest BCUT2D eigenvalue weighted by molar-refractivity contribution is 6.24. The molecule has 10 aromatic carbocycles. The summed E-state index contributed by atoms with van der Waals surface area (Å²) in [6.45, 7) is 14.3. The van der Waals surface area contributed by atoms with E-state index in [1.54, 1.807) is 0 Å². The van der Waals surface area contributed by atoms with Gasteiger partial charge >= 0.3 is 0 Å². The van der Waals surface area contributed by atoms with Crippen molar-refractivity contribution in [1.82, 2.24) is 0 Å². The van der Waals surface area contributed by atoms with Crippen molar-refractivity contribution in [3.63, 3.8) is 0 Å². The van der Waals surface area contributed by atoms with E-state index in [2.05, 4.69) is 224 Å². The minimum atomic E-state index is -0.0970. The summed E-state index contributed by atoms with van der Waals surface area (Å²) in [5.74, 6) is 0. The van der Waals surface area contributed by atoms with Gasteiger partial charge in [0, 0.05) is 16.2 Å². The van der Waals surface area contributed by atoms with Crippen LogP contribution in [0.5, 0.6) is 0 Å². The van der Waals surface area contributed by atoms with Crippen LogP contribution in [0.2, 0.25) is 0 Å². The van der Waals surface area contributed by atoms with Gasteiger partial charge in [-0.15, -0.1) is 0 Å². The third kappa shape index (κ3) is 5.14. The third-order valence-electron chi connectivity index (χ3n) is 16.6. The van der Waals surface area contributed by atoms with Gasteiger partial charge in [0.25, 0.3) is 0 Å². The number of hydrogen-bond acceptors (Lipinski definition) is 0. The zero-order valence-corrected chi connectivity index (χ0v) is 38.2. The molecule has 0 N–H and O–H groups in total. The minimum absolute atomic E-state index is 0.0158. The van der Waals surface area contributed by atoms with Crippen LogP contribution in [0, 0.1) is 0 Å². The summed E-state index contributed by atoms with van der Waals surface area (Å²) in [6.07, 6.45) is 2.16. The second kappa shape index (κ2) is 13.5. The molecule has 0 fully saturated rings. The van der Waals surface area contributed by atoms with Gasteiger partial charge in [0.15, 0.2) is 0 Å². The average molecular weight is 833 g/mol. The van der Waals surface area contributed by atoms with Crippen molar-refractivity contribution in [2.45, 2.75) is 70.6 Å². The lowest BCUT2D eigenvalue weighted by atomic mass is 9.73. The van der Waals surface area contributed by atoms with E-state index < -0.39 is 0 Å². The van der Waals surface area contributed by atoms with Crippen molar-refractivity contribution in [2.24, 2.45) is 0 Å². The topological polar surface area (TPSA) is 0 Å². The second-order valence-electron chi connectivity index (χ2n) is 20.2. The summed E-state index contributed by atoms with van der Waals surface area (Å²) in [4.78, 5) is 0. The summed E-state index contributed by atoms with van der Waals surface area (Å²) < 4.78 is 0. The monoisotopic (exact) mass is 832 g/mol. The van der Waals surface area contributed by atoms with Crippen LogP contribution in [0.3, 0.4) is 0 Å². The van der Waals surface area contributed by atoms with Crippen LogP contribution >= 0.6 is 0 Å². The molecule has 0 saturated carbocycles. The van der Waals surface area contributed by atoms with Crippen LogP contribution in [0.25, 0.3) is 99.1 Å². The first-order chi connectivity index (χ1) is 31.6. The molecular weight excluding hydrogens is 781 g/mol. The lowest BCUT2D eigenvalue weighted by molar-refractivity contribution is 0.490. The van der Waals surface area contributed by atoms with E-state index in [1.807, 2.05) is 0 Å². The predicted molar refractivity (Wildman–Crippen MR) is 277 cm³/mol. The van der Waals surface area contributed by atoms with E-state index in [4.69, 9.17) is 0 Å². The van der Waals surface area contributed by atoms with Crippen LogP contribution < -0.4 is 0 Å². The number of hydrogen-bond donors (Lipinski definition) is 0. The Hall–Kier alpha value is -7.02. The molecule has 10 aromatic rings. The summed E-state index contributed by atoms with van der Waals surface area (Å²) in [5, 5.41) is 7.74. The van der Waals surface area contributed by atoms with E-state index in [0.717, 1.165) is 12.8 Å². The summed E-state index contributed by atoms with van der Waals surface area (Å²) in [5.41, 5.74) is 24.3. The van der Waals surface area contributed by atoms with Crippen LogP contribution in [0.4, 0.5) is 0 Å². The lowest BCUT2D eigenvalue weighted by Gasteiger charge is -2.30. The normalized spacial score (nSPS) is 15.4. The number of benzene rings is 10. The summed E-state index contributed by atoms with van der Waals surface area (Å²) in [6, 6.07) is 70.3. The first-order valence-electron chi connectivity index (χ1n) is 23.8. The fourth-order valence-corrected chi connectivity index (χ4v) is 13.0. The molecule has 0 bridgehead atoms. The number of rotatable bonds is 5. The lowest BCUT2D eigenvalue weighted by Crippen LogP contribution is -2.23. The van der Waals surface area contributed by atoms with Crippen LogP contribution in [-0.2, 0) is 16.2 Å². The maximum atomic E-state index is 2.53. The Bertz CT molecular complexity index is 3680. The smallest absolute Gasteiger partial charge is 0.0210 e. The van der Waals surface area contributed by atoms with Crippen molar-refractivity contribution in [3.8, 4) is 66.8 Å². The Morgan fingerprint density at radius 2 is 0.646 bits per heavy atom. The molecule has 0 saturated heterocycles. The number of fused-ring (bicyclic) bond motifs is 14. The van der Waals surface area contributed by atoms with Gasteiger partial charge in [-0.3, -0.25) is 0 Å². The molecule has 3 aliphatic rings. The van der Waals surface area contributed by atoms with Crippen molar-refractivity contribution in [1.29, 1.82) is 0 Å². The molecule has 0 nitrogen and oxygen atoms in total. The molecule has 0 spiro atoms. The van der Waals surface area contributed by atoms with Crippen molar-refractivity contribution in [2.75, 3.05) is 0 Å². The second-order valence-corrected chi connectivity index (χ2v) is 20.2. The maximum Gasteiger partial charge on any atom is 0.0210 e. The quantitative estimate of drug-likeness (QED) is 0.152. The standard InChI is InChI=1S/C65H52/c1-7-65(8-2)59-24-16-13-21-48(59)51-30-26-40(34-62(51)65)39-25-29-45-54(33-39)53(42-28-32-50-47-20-12-15-23-58(47)64(5,6)61(50)36-42)38-55-44-18-10-9-17-43(44)52(37-56(45)55)41-27-31-49-46-19-11-14-22-57(46)63(3,4)60(49)35-41/h9-38H,7-8H2,1-6H3. The Morgan fingerprint density at radius 3 is 1.22 bits per heavy atom. The van der Waals surface area contributed by atoms with Crippen molar-refractivity contribution in [3.05, 3.63) is 215 Å². The van der Waals surface area contributed by atoms with Gasteiger partial charge in [-0.1, -0.05) is 187 Å². The molecule has 0 amide bonds. The van der Waals surface area contributed by atoms with Crippen LogP contribution in [-0.4, -0.2) is 0 Å². The van der Waals surface area contributed by atoms with Crippen molar-refractivity contribution < 1.29 is 0 Å². The Kier molecular flexibility index (Phi) is 7.99. The van der Waals surface area contributed by atoms with Crippen molar-refractivity contribution >= 4 is 32.3 Å². The van der Waals surface area contributed by atoms with Gasteiger partial charge in [0.05, 0.1) is 0 Å². The van der Waals surface area contributed by atoms with Crippen LogP contribution in [0.15, 0.2) is 182 Å². The van der Waals surface area contributed by atoms with E-state index in [0.29, 0.717) is 0 Å². The van der Waals surface area contributed by atoms with Gasteiger partial charge < -0.3 is 0 Å². The molecule has 13 rings (SSSR count). The molecular formula is C65H52.